The molecule has 0 fully saturated rings. The Balaban J connectivity index is 2.09. The SMILES string of the molecule is CCCCCCCCOc1ccc(-c2ccccc2C(CCCCC)CCC(=O)O)cc1F. The Bertz CT molecular complexity index is 833. The molecule has 4 heteroatoms. The smallest absolute Gasteiger partial charge is 0.303 e. The second-order valence-corrected chi connectivity index (χ2v) is 8.97. The van der Waals surface area contributed by atoms with E-state index in [2.05, 4.69) is 19.9 Å². The molecule has 0 aliphatic heterocycles. The number of carboxylic acid groups (broad SMARTS) is 1. The van der Waals surface area contributed by atoms with E-state index in [-0.39, 0.29) is 18.2 Å². The first kappa shape index (κ1) is 26.9. The zero-order chi connectivity index (χ0) is 23.9. The summed E-state index contributed by atoms with van der Waals surface area (Å²) in [6, 6.07) is 13.2. The van der Waals surface area contributed by atoms with Gasteiger partial charge < -0.3 is 9.84 Å². The van der Waals surface area contributed by atoms with Crippen molar-refractivity contribution < 1.29 is 19.0 Å². The monoisotopic (exact) mass is 456 g/mol. The third-order valence-electron chi connectivity index (χ3n) is 6.26. The minimum absolute atomic E-state index is 0.144. The van der Waals surface area contributed by atoms with Gasteiger partial charge >= 0.3 is 5.97 Å². The zero-order valence-corrected chi connectivity index (χ0v) is 20.5. The van der Waals surface area contributed by atoms with E-state index < -0.39 is 5.97 Å². The Morgan fingerprint density at radius 3 is 2.33 bits per heavy atom. The van der Waals surface area contributed by atoms with Gasteiger partial charge in [0.05, 0.1) is 6.61 Å². The third kappa shape index (κ3) is 9.57. The van der Waals surface area contributed by atoms with Crippen LogP contribution in [0.2, 0.25) is 0 Å². The van der Waals surface area contributed by atoms with Crippen molar-refractivity contribution in [1.82, 2.24) is 0 Å². The lowest BCUT2D eigenvalue weighted by molar-refractivity contribution is -0.137. The van der Waals surface area contributed by atoms with Crippen LogP contribution in [0.3, 0.4) is 0 Å². The first-order valence-electron chi connectivity index (χ1n) is 12.8. The summed E-state index contributed by atoms with van der Waals surface area (Å²) in [4.78, 5) is 11.2. The fourth-order valence-electron chi connectivity index (χ4n) is 4.36. The molecular formula is C29H41FO3. The molecule has 0 saturated carbocycles. The Kier molecular flexibility index (Phi) is 12.6. The molecule has 1 unspecified atom stereocenters. The van der Waals surface area contributed by atoms with Crippen molar-refractivity contribution in [1.29, 1.82) is 0 Å². The molecule has 0 radical (unpaired) electrons. The van der Waals surface area contributed by atoms with Crippen molar-refractivity contribution in [2.24, 2.45) is 0 Å². The summed E-state index contributed by atoms with van der Waals surface area (Å²) in [6.07, 6.45) is 12.0. The van der Waals surface area contributed by atoms with E-state index in [9.17, 15) is 14.3 Å². The highest BCUT2D eigenvalue weighted by Crippen LogP contribution is 2.36. The summed E-state index contributed by atoms with van der Waals surface area (Å²) in [5, 5.41) is 9.21. The molecule has 0 aliphatic carbocycles. The highest BCUT2D eigenvalue weighted by atomic mass is 19.1. The van der Waals surface area contributed by atoms with Gasteiger partial charge in [-0.1, -0.05) is 95.5 Å². The minimum Gasteiger partial charge on any atom is -0.491 e. The van der Waals surface area contributed by atoms with Crippen molar-refractivity contribution in [3.63, 3.8) is 0 Å². The van der Waals surface area contributed by atoms with Crippen LogP contribution in [0.15, 0.2) is 42.5 Å². The van der Waals surface area contributed by atoms with Crippen LogP contribution >= 0.6 is 0 Å². The Hall–Kier alpha value is -2.36. The first-order valence-corrected chi connectivity index (χ1v) is 12.8. The predicted octanol–water partition coefficient (Wildman–Crippen LogP) is 8.76. The zero-order valence-electron chi connectivity index (χ0n) is 20.5. The molecule has 1 N–H and O–H groups in total. The third-order valence-corrected chi connectivity index (χ3v) is 6.26. The van der Waals surface area contributed by atoms with Gasteiger partial charge in [0, 0.05) is 6.42 Å². The molecule has 0 bridgehead atoms. The number of benzene rings is 2. The number of ether oxygens (including phenoxy) is 1. The van der Waals surface area contributed by atoms with Crippen LogP contribution in [0.25, 0.3) is 11.1 Å². The lowest BCUT2D eigenvalue weighted by Gasteiger charge is -2.21. The summed E-state index contributed by atoms with van der Waals surface area (Å²) in [7, 11) is 0. The van der Waals surface area contributed by atoms with E-state index in [1.165, 1.54) is 25.7 Å². The second kappa shape index (κ2) is 15.5. The molecule has 2 rings (SSSR count). The average molecular weight is 457 g/mol. The molecular weight excluding hydrogens is 415 g/mol. The van der Waals surface area contributed by atoms with E-state index in [4.69, 9.17) is 4.74 Å². The van der Waals surface area contributed by atoms with Gasteiger partial charge in [-0.2, -0.15) is 0 Å². The number of carboxylic acids is 1. The number of halogens is 1. The number of hydrogen-bond acceptors (Lipinski definition) is 2. The van der Waals surface area contributed by atoms with Crippen molar-refractivity contribution in [3.8, 4) is 16.9 Å². The Morgan fingerprint density at radius 1 is 0.909 bits per heavy atom. The first-order chi connectivity index (χ1) is 16.1. The highest BCUT2D eigenvalue weighted by Gasteiger charge is 2.18. The van der Waals surface area contributed by atoms with E-state index in [0.717, 1.165) is 55.2 Å². The van der Waals surface area contributed by atoms with Gasteiger partial charge in [0.25, 0.3) is 0 Å². The molecule has 0 aromatic heterocycles. The Labute approximate surface area is 199 Å². The number of carbonyl (C=O) groups is 1. The molecule has 1 atom stereocenters. The van der Waals surface area contributed by atoms with E-state index in [1.54, 1.807) is 12.1 Å². The summed E-state index contributed by atoms with van der Waals surface area (Å²) in [6.45, 7) is 4.91. The summed E-state index contributed by atoms with van der Waals surface area (Å²) < 4.78 is 20.5. The van der Waals surface area contributed by atoms with Crippen LogP contribution in [-0.4, -0.2) is 17.7 Å². The van der Waals surface area contributed by atoms with Gasteiger partial charge in [-0.05, 0) is 54.0 Å². The fourth-order valence-corrected chi connectivity index (χ4v) is 4.36. The van der Waals surface area contributed by atoms with E-state index >= 15 is 0 Å². The summed E-state index contributed by atoms with van der Waals surface area (Å²) in [5.74, 6) is -0.669. The van der Waals surface area contributed by atoms with Crippen molar-refractivity contribution in [3.05, 3.63) is 53.8 Å². The molecule has 0 spiro atoms. The number of hydrogen-bond donors (Lipinski definition) is 1. The van der Waals surface area contributed by atoms with E-state index in [1.807, 2.05) is 24.3 Å². The molecule has 182 valence electrons. The molecule has 2 aromatic carbocycles. The van der Waals surface area contributed by atoms with Gasteiger partial charge in [-0.3, -0.25) is 4.79 Å². The Morgan fingerprint density at radius 2 is 1.61 bits per heavy atom. The van der Waals surface area contributed by atoms with Crippen LogP contribution in [0.4, 0.5) is 4.39 Å². The number of unbranched alkanes of at least 4 members (excludes halogenated alkanes) is 7. The van der Waals surface area contributed by atoms with Crippen LogP contribution in [0, 0.1) is 5.82 Å². The topological polar surface area (TPSA) is 46.5 Å². The molecule has 0 heterocycles. The van der Waals surface area contributed by atoms with Crippen molar-refractivity contribution in [2.75, 3.05) is 6.61 Å². The van der Waals surface area contributed by atoms with E-state index in [0.29, 0.717) is 18.8 Å². The van der Waals surface area contributed by atoms with Gasteiger partial charge in [-0.25, -0.2) is 4.39 Å². The quantitative estimate of drug-likeness (QED) is 0.242. The lowest BCUT2D eigenvalue weighted by atomic mass is 9.84. The molecule has 0 aliphatic rings. The van der Waals surface area contributed by atoms with Crippen LogP contribution in [0.1, 0.15) is 102 Å². The molecule has 3 nitrogen and oxygen atoms in total. The maximum absolute atomic E-state index is 14.8. The van der Waals surface area contributed by atoms with Gasteiger partial charge in [0.2, 0.25) is 0 Å². The standard InChI is InChI=1S/C29H41FO3/c1-3-5-7-8-9-13-21-33-28-19-17-24(22-27(28)30)26-16-12-11-15-25(26)23(14-10-6-4-2)18-20-29(31)32/h11-12,15-17,19,22-23H,3-10,13-14,18,20-21H2,1-2H3,(H,31,32). The highest BCUT2D eigenvalue weighted by molar-refractivity contribution is 5.70. The second-order valence-electron chi connectivity index (χ2n) is 8.97. The predicted molar refractivity (Wildman–Crippen MR) is 134 cm³/mol. The van der Waals surface area contributed by atoms with Crippen LogP contribution in [0.5, 0.6) is 5.75 Å². The average Bonchev–Trinajstić information content (AvgIpc) is 2.81. The van der Waals surface area contributed by atoms with Crippen LogP contribution in [-0.2, 0) is 4.79 Å². The minimum atomic E-state index is -0.772. The normalized spacial score (nSPS) is 12.0. The van der Waals surface area contributed by atoms with Crippen molar-refractivity contribution in [2.45, 2.75) is 96.8 Å². The largest absolute Gasteiger partial charge is 0.491 e. The summed E-state index contributed by atoms with van der Waals surface area (Å²) in [5.41, 5.74) is 2.89. The maximum Gasteiger partial charge on any atom is 0.303 e. The van der Waals surface area contributed by atoms with Gasteiger partial charge in [0.15, 0.2) is 11.6 Å². The fraction of sp³-hybridized carbons (Fsp3) is 0.552. The number of rotatable bonds is 17. The number of aliphatic carboxylic acids is 1. The molecule has 33 heavy (non-hydrogen) atoms. The lowest BCUT2D eigenvalue weighted by Crippen LogP contribution is -2.05. The van der Waals surface area contributed by atoms with Crippen LogP contribution < -0.4 is 4.74 Å². The maximum atomic E-state index is 14.8. The van der Waals surface area contributed by atoms with Crippen molar-refractivity contribution >= 4 is 5.97 Å². The summed E-state index contributed by atoms with van der Waals surface area (Å²) >= 11 is 0. The molecule has 0 saturated heterocycles. The van der Waals surface area contributed by atoms with Gasteiger partial charge in [0.1, 0.15) is 0 Å². The molecule has 2 aromatic rings. The molecule has 0 amide bonds. The van der Waals surface area contributed by atoms with Gasteiger partial charge in [-0.15, -0.1) is 0 Å².